The van der Waals surface area contributed by atoms with E-state index in [1.165, 1.54) is 6.92 Å². The van der Waals surface area contributed by atoms with E-state index in [2.05, 4.69) is 0 Å². The first-order valence-electron chi connectivity index (χ1n) is 6.13. The Hall–Kier alpha value is -1.77. The minimum atomic E-state index is -4.30. The van der Waals surface area contributed by atoms with Gasteiger partial charge in [-0.2, -0.15) is 13.2 Å². The summed E-state index contributed by atoms with van der Waals surface area (Å²) in [5, 5.41) is 0. The van der Waals surface area contributed by atoms with Gasteiger partial charge in [0.2, 0.25) is 0 Å². The topological polar surface area (TPSA) is 0 Å². The third kappa shape index (κ3) is 1.47. The first kappa shape index (κ1) is 12.3. The second-order valence-electron chi connectivity index (χ2n) is 5.22. The van der Waals surface area contributed by atoms with Gasteiger partial charge in [0, 0.05) is 0 Å². The Bertz CT molecular complexity index is 655. The highest BCUT2D eigenvalue weighted by atomic mass is 19.4. The highest BCUT2D eigenvalue weighted by Crippen LogP contribution is 2.56. The third-order valence-corrected chi connectivity index (χ3v) is 4.04. The Morgan fingerprint density at radius 1 is 0.895 bits per heavy atom. The molecule has 19 heavy (non-hydrogen) atoms. The molecule has 3 heteroatoms. The largest absolute Gasteiger partial charge is 0.402 e. The maximum absolute atomic E-state index is 13.6. The Labute approximate surface area is 109 Å². The van der Waals surface area contributed by atoms with Crippen LogP contribution in [0.4, 0.5) is 13.2 Å². The molecular weight excluding hydrogens is 249 g/mol. The molecule has 0 nitrogen and oxygen atoms in total. The van der Waals surface area contributed by atoms with Gasteiger partial charge in [-0.05, 0) is 36.1 Å². The van der Waals surface area contributed by atoms with Gasteiger partial charge in [-0.15, -0.1) is 0 Å². The molecule has 0 fully saturated rings. The van der Waals surface area contributed by atoms with E-state index in [0.717, 1.165) is 5.56 Å². The van der Waals surface area contributed by atoms with Crippen molar-refractivity contribution in [2.24, 2.45) is 0 Å². The number of hydrogen-bond acceptors (Lipinski definition) is 0. The monoisotopic (exact) mass is 262 g/mol. The van der Waals surface area contributed by atoms with E-state index in [9.17, 15) is 13.2 Å². The quantitative estimate of drug-likeness (QED) is 0.637. The fourth-order valence-electron chi connectivity index (χ4n) is 2.91. The third-order valence-electron chi connectivity index (χ3n) is 4.04. The van der Waals surface area contributed by atoms with E-state index >= 15 is 0 Å². The van der Waals surface area contributed by atoms with Crippen LogP contribution in [0, 0.1) is 6.92 Å². The molecule has 0 aliphatic heterocycles. The van der Waals surface area contributed by atoms with Crippen molar-refractivity contribution in [1.29, 1.82) is 0 Å². The molecule has 0 N–H and O–H groups in total. The predicted octanol–water partition coefficient (Wildman–Crippen LogP) is 4.84. The zero-order chi connectivity index (χ0) is 13.8. The molecule has 2 aromatic carbocycles. The summed E-state index contributed by atoms with van der Waals surface area (Å²) in [7, 11) is 0. The molecule has 3 rings (SSSR count). The summed E-state index contributed by atoms with van der Waals surface area (Å²) < 4.78 is 40.9. The van der Waals surface area contributed by atoms with Crippen molar-refractivity contribution in [3.05, 3.63) is 59.2 Å². The van der Waals surface area contributed by atoms with Gasteiger partial charge in [0.15, 0.2) is 0 Å². The first-order chi connectivity index (χ1) is 8.85. The van der Waals surface area contributed by atoms with Crippen LogP contribution in [0.3, 0.4) is 0 Å². The summed E-state index contributed by atoms with van der Waals surface area (Å²) in [6, 6.07) is 12.1. The van der Waals surface area contributed by atoms with Gasteiger partial charge in [0.25, 0.3) is 0 Å². The molecule has 0 amide bonds. The minimum Gasteiger partial charge on any atom is -0.170 e. The number of aryl methyl sites for hydroxylation is 1. The van der Waals surface area contributed by atoms with Crippen LogP contribution >= 0.6 is 0 Å². The highest BCUT2D eigenvalue weighted by molar-refractivity contribution is 5.81. The van der Waals surface area contributed by atoms with Crippen molar-refractivity contribution < 1.29 is 13.2 Å². The summed E-state index contributed by atoms with van der Waals surface area (Å²) in [4.78, 5) is 0. The smallest absolute Gasteiger partial charge is 0.170 e. The van der Waals surface area contributed by atoms with Gasteiger partial charge in [-0.1, -0.05) is 48.0 Å². The average Bonchev–Trinajstić information content (AvgIpc) is 2.61. The highest BCUT2D eigenvalue weighted by Gasteiger charge is 2.57. The van der Waals surface area contributed by atoms with E-state index in [-0.39, 0.29) is 0 Å². The Balaban J connectivity index is 2.42. The van der Waals surface area contributed by atoms with Gasteiger partial charge in [0.1, 0.15) is 5.41 Å². The summed E-state index contributed by atoms with van der Waals surface area (Å²) in [6.45, 7) is 3.09. The predicted molar refractivity (Wildman–Crippen MR) is 69.1 cm³/mol. The van der Waals surface area contributed by atoms with Crippen LogP contribution in [-0.4, -0.2) is 6.18 Å². The maximum atomic E-state index is 13.6. The van der Waals surface area contributed by atoms with Crippen LogP contribution in [0.25, 0.3) is 11.1 Å². The molecule has 98 valence electrons. The van der Waals surface area contributed by atoms with E-state index < -0.39 is 11.6 Å². The number of rotatable bonds is 0. The second-order valence-corrected chi connectivity index (χ2v) is 5.22. The molecule has 0 heterocycles. The Morgan fingerprint density at radius 2 is 1.53 bits per heavy atom. The lowest BCUT2D eigenvalue weighted by atomic mass is 9.79. The van der Waals surface area contributed by atoms with E-state index in [1.54, 1.807) is 36.4 Å². The molecule has 1 unspecified atom stereocenters. The average molecular weight is 262 g/mol. The number of hydrogen-bond donors (Lipinski definition) is 0. The molecule has 1 aliphatic rings. The van der Waals surface area contributed by atoms with Crippen LogP contribution in [-0.2, 0) is 5.41 Å². The standard InChI is InChI=1S/C16H13F3/c1-10-7-8-12-11-5-3-4-6-13(11)15(2,14(12)9-10)16(17,18)19/h3-9H,1-2H3. The lowest BCUT2D eigenvalue weighted by Gasteiger charge is -2.30. The Kier molecular flexibility index (Phi) is 2.34. The SMILES string of the molecule is Cc1ccc2c(c1)C(C)(C(F)(F)F)c1ccccc1-2. The molecule has 0 saturated carbocycles. The maximum Gasteiger partial charge on any atom is 0.402 e. The van der Waals surface area contributed by atoms with Crippen LogP contribution in [0.5, 0.6) is 0 Å². The van der Waals surface area contributed by atoms with Crippen LogP contribution in [0.2, 0.25) is 0 Å². The lowest BCUT2D eigenvalue weighted by molar-refractivity contribution is -0.172. The van der Waals surface area contributed by atoms with Crippen molar-refractivity contribution in [2.45, 2.75) is 25.4 Å². The number of halogens is 3. The van der Waals surface area contributed by atoms with Gasteiger partial charge < -0.3 is 0 Å². The van der Waals surface area contributed by atoms with Crippen LogP contribution in [0.1, 0.15) is 23.6 Å². The number of benzene rings is 2. The summed E-state index contributed by atoms with van der Waals surface area (Å²) in [5.41, 5.74) is 1.04. The minimum absolute atomic E-state index is 0.350. The second kappa shape index (κ2) is 3.62. The van der Waals surface area contributed by atoms with Crippen LogP contribution < -0.4 is 0 Å². The zero-order valence-corrected chi connectivity index (χ0v) is 10.7. The van der Waals surface area contributed by atoms with Crippen molar-refractivity contribution >= 4 is 0 Å². The molecule has 0 bridgehead atoms. The molecular formula is C16H13F3. The van der Waals surface area contributed by atoms with Crippen LogP contribution in [0.15, 0.2) is 42.5 Å². The normalized spacial score (nSPS) is 21.1. The Morgan fingerprint density at radius 3 is 2.21 bits per heavy atom. The summed E-state index contributed by atoms with van der Waals surface area (Å²) in [6.07, 6.45) is -4.30. The van der Waals surface area contributed by atoms with Crippen molar-refractivity contribution in [2.75, 3.05) is 0 Å². The fourth-order valence-corrected chi connectivity index (χ4v) is 2.91. The number of fused-ring (bicyclic) bond motifs is 3. The molecule has 0 aromatic heterocycles. The molecule has 1 aliphatic carbocycles. The van der Waals surface area contributed by atoms with E-state index in [0.29, 0.717) is 22.3 Å². The molecule has 0 spiro atoms. The van der Waals surface area contributed by atoms with E-state index in [1.807, 2.05) is 13.0 Å². The van der Waals surface area contributed by atoms with Gasteiger partial charge in [-0.25, -0.2) is 0 Å². The van der Waals surface area contributed by atoms with Crippen molar-refractivity contribution in [3.8, 4) is 11.1 Å². The first-order valence-corrected chi connectivity index (χ1v) is 6.13. The number of alkyl halides is 3. The summed E-state index contributed by atoms with van der Waals surface area (Å²) >= 11 is 0. The molecule has 0 radical (unpaired) electrons. The van der Waals surface area contributed by atoms with E-state index in [4.69, 9.17) is 0 Å². The van der Waals surface area contributed by atoms with Gasteiger partial charge >= 0.3 is 6.18 Å². The van der Waals surface area contributed by atoms with Gasteiger partial charge in [-0.3, -0.25) is 0 Å². The summed E-state index contributed by atoms with van der Waals surface area (Å²) in [5.74, 6) is 0. The molecule has 2 aromatic rings. The lowest BCUT2D eigenvalue weighted by Crippen LogP contribution is -2.38. The van der Waals surface area contributed by atoms with Gasteiger partial charge in [0.05, 0.1) is 0 Å². The fraction of sp³-hybridized carbons (Fsp3) is 0.250. The molecule has 0 saturated heterocycles. The van der Waals surface area contributed by atoms with Crippen molar-refractivity contribution in [1.82, 2.24) is 0 Å². The van der Waals surface area contributed by atoms with Crippen molar-refractivity contribution in [3.63, 3.8) is 0 Å². The zero-order valence-electron chi connectivity index (χ0n) is 10.7. The molecule has 1 atom stereocenters.